The first-order valence-electron chi connectivity index (χ1n) is 9.66. The van der Waals surface area contributed by atoms with Crippen molar-refractivity contribution in [2.24, 2.45) is 0 Å². The van der Waals surface area contributed by atoms with Crippen LogP contribution in [0.15, 0.2) is 42.5 Å². The topological polar surface area (TPSA) is 38.0 Å². The van der Waals surface area contributed by atoms with Crippen molar-refractivity contribution in [3.63, 3.8) is 0 Å². The SMILES string of the molecule is C[C@@H](C(=O)NC1CC1)[NH+]1CC[NH+](Cc2cccc3ccccc23)CC1. The zero-order valence-electron chi connectivity index (χ0n) is 15.1. The lowest BCUT2D eigenvalue weighted by atomic mass is 10.0. The molecular weight excluding hydrogens is 310 g/mol. The largest absolute Gasteiger partial charge is 0.348 e. The Kier molecular flexibility index (Phi) is 4.73. The van der Waals surface area contributed by atoms with Gasteiger partial charge in [-0.25, -0.2) is 0 Å². The minimum absolute atomic E-state index is 0.0831. The van der Waals surface area contributed by atoms with Crippen LogP contribution in [0.3, 0.4) is 0 Å². The van der Waals surface area contributed by atoms with E-state index in [-0.39, 0.29) is 11.9 Å². The Bertz CT molecular complexity index is 742. The maximum absolute atomic E-state index is 12.3. The third-order valence-corrected chi connectivity index (χ3v) is 5.85. The van der Waals surface area contributed by atoms with Crippen LogP contribution in [0, 0.1) is 0 Å². The molecule has 3 N–H and O–H groups in total. The third-order valence-electron chi connectivity index (χ3n) is 5.85. The van der Waals surface area contributed by atoms with Crippen molar-refractivity contribution in [2.45, 2.75) is 38.4 Å². The fourth-order valence-electron chi connectivity index (χ4n) is 3.99. The molecule has 25 heavy (non-hydrogen) atoms. The molecule has 1 atom stereocenters. The predicted molar refractivity (Wildman–Crippen MR) is 99.7 cm³/mol. The van der Waals surface area contributed by atoms with Gasteiger partial charge in [-0.05, 0) is 30.5 Å². The highest BCUT2D eigenvalue weighted by atomic mass is 16.2. The van der Waals surface area contributed by atoms with E-state index in [1.165, 1.54) is 21.2 Å². The van der Waals surface area contributed by atoms with Gasteiger partial charge in [-0.15, -0.1) is 0 Å². The molecule has 0 bridgehead atoms. The number of carbonyl (C=O) groups excluding carboxylic acids is 1. The van der Waals surface area contributed by atoms with Crippen molar-refractivity contribution in [1.29, 1.82) is 0 Å². The summed E-state index contributed by atoms with van der Waals surface area (Å²) in [5.74, 6) is 0.245. The molecule has 2 aromatic carbocycles. The van der Waals surface area contributed by atoms with E-state index >= 15 is 0 Å². The molecular formula is C21H29N3O+2. The minimum Gasteiger partial charge on any atom is -0.348 e. The monoisotopic (exact) mass is 339 g/mol. The fraction of sp³-hybridized carbons (Fsp3) is 0.476. The molecule has 0 aromatic heterocycles. The first kappa shape index (κ1) is 16.6. The van der Waals surface area contributed by atoms with Gasteiger partial charge in [0.2, 0.25) is 0 Å². The number of benzene rings is 2. The second-order valence-electron chi connectivity index (χ2n) is 7.73. The van der Waals surface area contributed by atoms with Crippen molar-refractivity contribution >= 4 is 16.7 Å². The first-order chi connectivity index (χ1) is 12.2. The molecule has 1 heterocycles. The van der Waals surface area contributed by atoms with Gasteiger partial charge in [0.05, 0.1) is 0 Å². The molecule has 132 valence electrons. The van der Waals surface area contributed by atoms with Crippen LogP contribution in [0.25, 0.3) is 10.8 Å². The van der Waals surface area contributed by atoms with Crippen LogP contribution < -0.4 is 15.1 Å². The average molecular weight is 339 g/mol. The molecule has 1 aliphatic carbocycles. The van der Waals surface area contributed by atoms with E-state index in [9.17, 15) is 4.79 Å². The summed E-state index contributed by atoms with van der Waals surface area (Å²) in [7, 11) is 0. The number of amides is 1. The van der Waals surface area contributed by atoms with Crippen molar-refractivity contribution in [3.8, 4) is 0 Å². The number of nitrogens with one attached hydrogen (secondary N) is 3. The Morgan fingerprint density at radius 1 is 1.08 bits per heavy atom. The Labute approximate surface area is 149 Å². The van der Waals surface area contributed by atoms with Crippen molar-refractivity contribution in [3.05, 3.63) is 48.0 Å². The van der Waals surface area contributed by atoms with Gasteiger partial charge in [-0.3, -0.25) is 4.79 Å². The normalized spacial score (nSPS) is 24.8. The van der Waals surface area contributed by atoms with Crippen LogP contribution >= 0.6 is 0 Å². The summed E-state index contributed by atoms with van der Waals surface area (Å²) < 4.78 is 0. The van der Waals surface area contributed by atoms with Gasteiger partial charge in [0.15, 0.2) is 6.04 Å². The van der Waals surface area contributed by atoms with Crippen LogP contribution in [-0.4, -0.2) is 44.2 Å². The summed E-state index contributed by atoms with van der Waals surface area (Å²) in [6.07, 6.45) is 2.33. The molecule has 0 spiro atoms. The summed E-state index contributed by atoms with van der Waals surface area (Å²) in [4.78, 5) is 15.4. The maximum Gasteiger partial charge on any atom is 0.278 e. The summed E-state index contributed by atoms with van der Waals surface area (Å²) in [5, 5.41) is 5.86. The molecule has 4 nitrogen and oxygen atoms in total. The van der Waals surface area contributed by atoms with Gasteiger partial charge >= 0.3 is 0 Å². The number of hydrogen-bond acceptors (Lipinski definition) is 1. The Balaban J connectivity index is 1.34. The number of hydrogen-bond donors (Lipinski definition) is 3. The molecule has 2 aromatic rings. The molecule has 2 fully saturated rings. The second-order valence-corrected chi connectivity index (χ2v) is 7.73. The van der Waals surface area contributed by atoms with Gasteiger partial charge in [-0.2, -0.15) is 0 Å². The lowest BCUT2D eigenvalue weighted by Crippen LogP contribution is -3.29. The molecule has 1 saturated heterocycles. The third kappa shape index (κ3) is 3.86. The highest BCUT2D eigenvalue weighted by Gasteiger charge is 2.33. The van der Waals surface area contributed by atoms with E-state index < -0.39 is 0 Å². The smallest absolute Gasteiger partial charge is 0.278 e. The van der Waals surface area contributed by atoms with Crippen LogP contribution in [0.4, 0.5) is 0 Å². The highest BCUT2D eigenvalue weighted by Crippen LogP contribution is 2.18. The van der Waals surface area contributed by atoms with Crippen molar-refractivity contribution < 1.29 is 14.6 Å². The molecule has 1 saturated carbocycles. The zero-order chi connectivity index (χ0) is 17.2. The van der Waals surface area contributed by atoms with Gasteiger partial charge in [-0.1, -0.05) is 42.5 Å². The Hall–Kier alpha value is -1.91. The number of carbonyl (C=O) groups is 1. The zero-order valence-corrected chi connectivity index (χ0v) is 15.1. The first-order valence-corrected chi connectivity index (χ1v) is 9.66. The fourth-order valence-corrected chi connectivity index (χ4v) is 3.99. The standard InChI is InChI=1S/C21H27N3O/c1-16(21(25)22-19-9-10-19)24-13-11-23(12-14-24)15-18-7-4-6-17-5-2-3-8-20(17)18/h2-8,16,19H,9-15H2,1H3,(H,22,25)/p+2/t16-/m0/s1. The minimum atomic E-state index is 0.0831. The predicted octanol–water partition coefficient (Wildman–Crippen LogP) is -0.210. The van der Waals surface area contributed by atoms with Gasteiger partial charge in [0, 0.05) is 11.6 Å². The average Bonchev–Trinajstić information content (AvgIpc) is 3.46. The quantitative estimate of drug-likeness (QED) is 0.693. The number of rotatable bonds is 5. The van der Waals surface area contributed by atoms with Crippen LogP contribution in [0.1, 0.15) is 25.3 Å². The molecule has 2 aliphatic rings. The highest BCUT2D eigenvalue weighted by molar-refractivity contribution is 5.85. The van der Waals surface area contributed by atoms with E-state index in [1.807, 2.05) is 0 Å². The molecule has 4 rings (SSSR count). The van der Waals surface area contributed by atoms with Crippen LogP contribution in [0.5, 0.6) is 0 Å². The Morgan fingerprint density at radius 3 is 2.56 bits per heavy atom. The number of piperazine rings is 1. The molecule has 1 aliphatic heterocycles. The Morgan fingerprint density at radius 2 is 1.80 bits per heavy atom. The molecule has 1 amide bonds. The lowest BCUT2D eigenvalue weighted by Gasteiger charge is -2.32. The van der Waals surface area contributed by atoms with Crippen molar-refractivity contribution in [2.75, 3.05) is 26.2 Å². The lowest BCUT2D eigenvalue weighted by molar-refractivity contribution is -1.02. The molecule has 4 heteroatoms. The van der Waals surface area contributed by atoms with Gasteiger partial charge in [0.25, 0.3) is 5.91 Å². The molecule has 0 unspecified atom stereocenters. The number of fused-ring (bicyclic) bond motifs is 1. The summed E-state index contributed by atoms with van der Waals surface area (Å²) in [5.41, 5.74) is 1.44. The summed E-state index contributed by atoms with van der Waals surface area (Å²) in [6, 6.07) is 15.8. The summed E-state index contributed by atoms with van der Waals surface area (Å²) >= 11 is 0. The summed E-state index contributed by atoms with van der Waals surface area (Å²) in [6.45, 7) is 7.61. The van der Waals surface area contributed by atoms with E-state index in [1.54, 1.807) is 4.90 Å². The van der Waals surface area contributed by atoms with E-state index in [0.717, 1.165) is 45.6 Å². The van der Waals surface area contributed by atoms with E-state index in [0.29, 0.717) is 6.04 Å². The maximum atomic E-state index is 12.3. The van der Waals surface area contributed by atoms with E-state index in [2.05, 4.69) is 54.7 Å². The van der Waals surface area contributed by atoms with Crippen LogP contribution in [0.2, 0.25) is 0 Å². The van der Waals surface area contributed by atoms with E-state index in [4.69, 9.17) is 0 Å². The number of quaternary nitrogens is 2. The molecule has 0 radical (unpaired) electrons. The van der Waals surface area contributed by atoms with Crippen LogP contribution in [-0.2, 0) is 11.3 Å². The van der Waals surface area contributed by atoms with Gasteiger partial charge in [0.1, 0.15) is 32.7 Å². The second kappa shape index (κ2) is 7.14. The van der Waals surface area contributed by atoms with Crippen molar-refractivity contribution in [1.82, 2.24) is 5.32 Å². The van der Waals surface area contributed by atoms with Gasteiger partial charge < -0.3 is 15.1 Å².